The fourth-order valence-electron chi connectivity index (χ4n) is 2.96. The van der Waals surface area contributed by atoms with Crippen LogP contribution in [0.2, 0.25) is 0 Å². The van der Waals surface area contributed by atoms with Gasteiger partial charge in [0, 0.05) is 20.6 Å². The SMILES string of the molecule is CCN(C)C(=O)Oc1cccc(C2(C3CC3)N=C(N)N(C)C2=O)c1. The van der Waals surface area contributed by atoms with Gasteiger partial charge < -0.3 is 15.4 Å². The standard InChI is InChI=1S/C17H22N4O3/c1-4-20(2)16(23)24-13-7-5-6-12(10-13)17(11-8-9-11)14(22)21(3)15(18)19-17/h5-7,10-11H,4,8-9H2,1-3H3,(H2,18,19). The summed E-state index contributed by atoms with van der Waals surface area (Å²) in [6.45, 7) is 2.42. The third-order valence-corrected chi connectivity index (χ3v) is 4.70. The summed E-state index contributed by atoms with van der Waals surface area (Å²) >= 11 is 0. The molecule has 2 aliphatic rings. The molecule has 2 N–H and O–H groups in total. The number of ether oxygens (including phenoxy) is 1. The van der Waals surface area contributed by atoms with Gasteiger partial charge in [0.1, 0.15) is 5.75 Å². The summed E-state index contributed by atoms with van der Waals surface area (Å²) in [5, 5.41) is 0. The third-order valence-electron chi connectivity index (χ3n) is 4.70. The average molecular weight is 330 g/mol. The zero-order chi connectivity index (χ0) is 17.5. The van der Waals surface area contributed by atoms with Crippen molar-refractivity contribution in [3.63, 3.8) is 0 Å². The van der Waals surface area contributed by atoms with E-state index in [0.717, 1.165) is 12.8 Å². The number of hydrogen-bond acceptors (Lipinski definition) is 5. The molecule has 3 rings (SSSR count). The molecule has 0 spiro atoms. The van der Waals surface area contributed by atoms with Gasteiger partial charge in [-0.2, -0.15) is 0 Å². The molecule has 24 heavy (non-hydrogen) atoms. The molecule has 1 heterocycles. The second-order valence-electron chi connectivity index (χ2n) is 6.28. The van der Waals surface area contributed by atoms with Crippen molar-refractivity contribution >= 4 is 18.0 Å². The van der Waals surface area contributed by atoms with Gasteiger partial charge in [0.25, 0.3) is 5.91 Å². The molecule has 1 aromatic carbocycles. The van der Waals surface area contributed by atoms with Gasteiger partial charge in [-0.3, -0.25) is 9.69 Å². The van der Waals surface area contributed by atoms with E-state index in [2.05, 4.69) is 4.99 Å². The van der Waals surface area contributed by atoms with Crippen molar-refractivity contribution in [2.45, 2.75) is 25.3 Å². The molecule has 1 saturated carbocycles. The van der Waals surface area contributed by atoms with Gasteiger partial charge in [0.05, 0.1) is 0 Å². The molecule has 2 amide bonds. The zero-order valence-electron chi connectivity index (χ0n) is 14.2. The van der Waals surface area contributed by atoms with Crippen LogP contribution >= 0.6 is 0 Å². The maximum absolute atomic E-state index is 12.8. The Morgan fingerprint density at radius 2 is 2.21 bits per heavy atom. The van der Waals surface area contributed by atoms with E-state index in [1.807, 2.05) is 13.0 Å². The number of nitrogens with two attached hydrogens (primary N) is 1. The molecule has 1 unspecified atom stereocenters. The summed E-state index contributed by atoms with van der Waals surface area (Å²) in [5.74, 6) is 0.628. The van der Waals surface area contributed by atoms with Crippen LogP contribution < -0.4 is 10.5 Å². The number of aliphatic imine (C=N–C) groups is 1. The Kier molecular flexibility index (Phi) is 3.95. The molecule has 0 saturated heterocycles. The lowest BCUT2D eigenvalue weighted by Gasteiger charge is -2.25. The number of amides is 2. The van der Waals surface area contributed by atoms with Gasteiger partial charge in [-0.05, 0) is 43.4 Å². The highest BCUT2D eigenvalue weighted by Gasteiger charge is 2.57. The Morgan fingerprint density at radius 3 is 2.75 bits per heavy atom. The molecule has 7 nitrogen and oxygen atoms in total. The molecule has 0 radical (unpaired) electrons. The number of nitrogens with zero attached hydrogens (tertiary/aromatic N) is 3. The van der Waals surface area contributed by atoms with Crippen molar-refractivity contribution in [3.05, 3.63) is 29.8 Å². The number of carbonyl (C=O) groups excluding carboxylic acids is 2. The number of hydrogen-bond donors (Lipinski definition) is 1. The fraction of sp³-hybridized carbons (Fsp3) is 0.471. The number of carbonyl (C=O) groups is 2. The van der Waals surface area contributed by atoms with E-state index in [1.165, 1.54) is 9.80 Å². The lowest BCUT2D eigenvalue weighted by Crippen LogP contribution is -2.41. The van der Waals surface area contributed by atoms with Crippen molar-refractivity contribution in [2.24, 2.45) is 16.6 Å². The molecular weight excluding hydrogens is 308 g/mol. The Morgan fingerprint density at radius 1 is 1.50 bits per heavy atom. The van der Waals surface area contributed by atoms with Crippen LogP contribution in [0.1, 0.15) is 25.3 Å². The second kappa shape index (κ2) is 5.81. The van der Waals surface area contributed by atoms with Gasteiger partial charge in [-0.25, -0.2) is 9.79 Å². The van der Waals surface area contributed by atoms with Gasteiger partial charge in [0.2, 0.25) is 0 Å². The zero-order valence-corrected chi connectivity index (χ0v) is 14.2. The topological polar surface area (TPSA) is 88.2 Å². The van der Waals surface area contributed by atoms with E-state index in [9.17, 15) is 9.59 Å². The maximum atomic E-state index is 12.8. The van der Waals surface area contributed by atoms with Crippen LogP contribution in [0.4, 0.5) is 4.79 Å². The summed E-state index contributed by atoms with van der Waals surface area (Å²) in [7, 11) is 3.30. The summed E-state index contributed by atoms with van der Waals surface area (Å²) in [6.07, 6.45) is 1.42. The minimum absolute atomic E-state index is 0.128. The first-order chi connectivity index (χ1) is 11.4. The normalized spacial score (nSPS) is 23.2. The van der Waals surface area contributed by atoms with E-state index >= 15 is 0 Å². The van der Waals surface area contributed by atoms with Crippen LogP contribution in [0.3, 0.4) is 0 Å². The Hall–Kier alpha value is -2.57. The molecular formula is C17H22N4O3. The van der Waals surface area contributed by atoms with E-state index in [1.54, 1.807) is 32.3 Å². The number of rotatable bonds is 4. The highest BCUT2D eigenvalue weighted by molar-refractivity contribution is 6.07. The van der Waals surface area contributed by atoms with Crippen LogP contribution in [0, 0.1) is 5.92 Å². The van der Waals surface area contributed by atoms with Crippen molar-refractivity contribution in [2.75, 3.05) is 20.6 Å². The minimum atomic E-state index is -0.988. The van der Waals surface area contributed by atoms with Gasteiger partial charge >= 0.3 is 6.09 Å². The highest BCUT2D eigenvalue weighted by atomic mass is 16.6. The van der Waals surface area contributed by atoms with Crippen LogP contribution in [0.5, 0.6) is 5.75 Å². The molecule has 1 aromatic rings. The Balaban J connectivity index is 1.95. The van der Waals surface area contributed by atoms with Gasteiger partial charge in [-0.1, -0.05) is 12.1 Å². The first-order valence-corrected chi connectivity index (χ1v) is 8.07. The monoisotopic (exact) mass is 330 g/mol. The predicted molar refractivity (Wildman–Crippen MR) is 89.6 cm³/mol. The third kappa shape index (κ3) is 2.50. The van der Waals surface area contributed by atoms with Crippen LogP contribution in [0.15, 0.2) is 29.3 Å². The number of benzene rings is 1. The molecule has 1 aliphatic heterocycles. The summed E-state index contributed by atoms with van der Waals surface area (Å²) in [6, 6.07) is 7.02. The van der Waals surface area contributed by atoms with Crippen LogP contribution in [-0.4, -0.2) is 48.4 Å². The summed E-state index contributed by atoms with van der Waals surface area (Å²) in [5.41, 5.74) is 5.61. The first kappa shape index (κ1) is 16.3. The average Bonchev–Trinajstić information content (AvgIpc) is 3.39. The smallest absolute Gasteiger partial charge is 0.410 e. The van der Waals surface area contributed by atoms with E-state index < -0.39 is 11.6 Å². The number of likely N-dealkylation sites (N-methyl/N-ethyl adjacent to an activating group) is 1. The van der Waals surface area contributed by atoms with Gasteiger partial charge in [-0.15, -0.1) is 0 Å². The van der Waals surface area contributed by atoms with Gasteiger partial charge in [0.15, 0.2) is 11.5 Å². The van der Waals surface area contributed by atoms with Crippen LogP contribution in [0.25, 0.3) is 0 Å². The largest absolute Gasteiger partial charge is 0.414 e. The van der Waals surface area contributed by atoms with E-state index in [0.29, 0.717) is 17.9 Å². The van der Waals surface area contributed by atoms with E-state index in [4.69, 9.17) is 10.5 Å². The quantitative estimate of drug-likeness (QED) is 0.907. The summed E-state index contributed by atoms with van der Waals surface area (Å²) < 4.78 is 5.38. The maximum Gasteiger partial charge on any atom is 0.414 e. The second-order valence-corrected chi connectivity index (χ2v) is 6.28. The Labute approximate surface area is 141 Å². The van der Waals surface area contributed by atoms with Crippen LogP contribution in [-0.2, 0) is 10.3 Å². The predicted octanol–water partition coefficient (Wildman–Crippen LogP) is 1.53. The first-order valence-electron chi connectivity index (χ1n) is 8.07. The van der Waals surface area contributed by atoms with Crippen molar-refractivity contribution in [1.82, 2.24) is 9.80 Å². The lowest BCUT2D eigenvalue weighted by molar-refractivity contribution is -0.131. The molecule has 7 heteroatoms. The van der Waals surface area contributed by atoms with Crippen molar-refractivity contribution < 1.29 is 14.3 Å². The highest BCUT2D eigenvalue weighted by Crippen LogP contribution is 2.51. The molecule has 0 aromatic heterocycles. The van der Waals surface area contributed by atoms with E-state index in [-0.39, 0.29) is 17.8 Å². The summed E-state index contributed by atoms with van der Waals surface area (Å²) in [4.78, 5) is 32.1. The molecule has 1 fully saturated rings. The van der Waals surface area contributed by atoms with Crippen molar-refractivity contribution in [3.8, 4) is 5.75 Å². The molecule has 0 bridgehead atoms. The molecule has 1 atom stereocenters. The Bertz CT molecular complexity index is 714. The molecule has 128 valence electrons. The fourth-order valence-corrected chi connectivity index (χ4v) is 2.96. The van der Waals surface area contributed by atoms with Crippen molar-refractivity contribution in [1.29, 1.82) is 0 Å². The minimum Gasteiger partial charge on any atom is -0.410 e. The molecule has 1 aliphatic carbocycles. The lowest BCUT2D eigenvalue weighted by atomic mass is 9.85. The number of guanidine groups is 1.